The first-order chi connectivity index (χ1) is 7.79. The molecule has 0 amide bonds. The van der Waals surface area contributed by atoms with Gasteiger partial charge in [0, 0.05) is 0 Å². The molecule has 0 bridgehead atoms. The van der Waals surface area contributed by atoms with Crippen LogP contribution in [0.25, 0.3) is 0 Å². The molecule has 1 nitrogen and oxygen atoms in total. The first kappa shape index (κ1) is 11.9. The summed E-state index contributed by atoms with van der Waals surface area (Å²) in [7, 11) is 2.76. The molecule has 2 heteroatoms. The van der Waals surface area contributed by atoms with E-state index in [2.05, 4.69) is 34.4 Å². The van der Waals surface area contributed by atoms with E-state index in [9.17, 15) is 0 Å². The van der Waals surface area contributed by atoms with Gasteiger partial charge < -0.3 is 4.74 Å². The minimum absolute atomic E-state index is 0.464. The van der Waals surface area contributed by atoms with Gasteiger partial charge in [0.05, 0.1) is 6.10 Å². The van der Waals surface area contributed by atoms with E-state index in [0.717, 1.165) is 12.2 Å². The van der Waals surface area contributed by atoms with Gasteiger partial charge in [0.15, 0.2) is 0 Å². The lowest BCUT2D eigenvalue weighted by Gasteiger charge is -2.16. The molecule has 1 saturated carbocycles. The Kier molecular flexibility index (Phi) is 4.23. The summed E-state index contributed by atoms with van der Waals surface area (Å²) >= 11 is 0. The van der Waals surface area contributed by atoms with Gasteiger partial charge in [-0.05, 0) is 55.1 Å². The van der Waals surface area contributed by atoms with Gasteiger partial charge >= 0.3 is 0 Å². The SMILES string of the molecule is CCCc1cc(P)ccc1OC1CCCC1. The second-order valence-electron chi connectivity index (χ2n) is 4.64. The van der Waals surface area contributed by atoms with E-state index < -0.39 is 0 Å². The van der Waals surface area contributed by atoms with Crippen molar-refractivity contribution in [2.45, 2.75) is 51.6 Å². The van der Waals surface area contributed by atoms with Crippen molar-refractivity contribution in [2.24, 2.45) is 0 Å². The fourth-order valence-electron chi connectivity index (χ4n) is 2.36. The summed E-state index contributed by atoms with van der Waals surface area (Å²) in [4.78, 5) is 0. The zero-order valence-electron chi connectivity index (χ0n) is 10.0. The Morgan fingerprint density at radius 1 is 1.31 bits per heavy atom. The van der Waals surface area contributed by atoms with E-state index in [1.54, 1.807) is 0 Å². The topological polar surface area (TPSA) is 9.23 Å². The Hall–Kier alpha value is -0.550. The molecule has 1 aromatic carbocycles. The lowest BCUT2D eigenvalue weighted by atomic mass is 10.1. The molecule has 1 atom stereocenters. The molecule has 1 aliphatic carbocycles. The Balaban J connectivity index is 2.11. The Morgan fingerprint density at radius 2 is 2.06 bits per heavy atom. The number of ether oxygens (including phenoxy) is 1. The van der Waals surface area contributed by atoms with Crippen LogP contribution >= 0.6 is 9.24 Å². The van der Waals surface area contributed by atoms with Crippen LogP contribution in [0.1, 0.15) is 44.6 Å². The third kappa shape index (κ3) is 2.98. The van der Waals surface area contributed by atoms with Crippen molar-refractivity contribution in [1.29, 1.82) is 0 Å². The van der Waals surface area contributed by atoms with Crippen molar-refractivity contribution in [3.05, 3.63) is 23.8 Å². The molecule has 1 unspecified atom stereocenters. The highest BCUT2D eigenvalue weighted by atomic mass is 31.0. The minimum atomic E-state index is 0.464. The zero-order chi connectivity index (χ0) is 11.4. The van der Waals surface area contributed by atoms with Crippen LogP contribution in [0.3, 0.4) is 0 Å². The van der Waals surface area contributed by atoms with Gasteiger partial charge in [0.2, 0.25) is 0 Å². The van der Waals surface area contributed by atoms with Gasteiger partial charge in [-0.15, -0.1) is 9.24 Å². The highest BCUT2D eigenvalue weighted by Gasteiger charge is 2.17. The summed E-state index contributed by atoms with van der Waals surface area (Å²) in [5, 5.41) is 1.25. The molecule has 0 saturated heterocycles. The molecule has 0 heterocycles. The van der Waals surface area contributed by atoms with E-state index >= 15 is 0 Å². The summed E-state index contributed by atoms with van der Waals surface area (Å²) < 4.78 is 6.10. The Labute approximate surface area is 101 Å². The molecular weight excluding hydrogens is 215 g/mol. The summed E-state index contributed by atoms with van der Waals surface area (Å²) in [6.45, 7) is 2.22. The van der Waals surface area contributed by atoms with Crippen molar-refractivity contribution in [2.75, 3.05) is 0 Å². The predicted molar refractivity (Wildman–Crippen MR) is 72.7 cm³/mol. The highest BCUT2D eigenvalue weighted by molar-refractivity contribution is 7.27. The number of rotatable bonds is 4. The lowest BCUT2D eigenvalue weighted by molar-refractivity contribution is 0.208. The molecule has 0 radical (unpaired) electrons. The quantitative estimate of drug-likeness (QED) is 0.727. The van der Waals surface area contributed by atoms with E-state index in [0.29, 0.717) is 6.10 Å². The predicted octanol–water partition coefficient (Wildman–Crippen LogP) is 3.46. The molecule has 0 aliphatic heterocycles. The standard InChI is InChI=1S/C14H21OP/c1-2-5-11-10-13(16)8-9-14(11)15-12-6-3-4-7-12/h8-10,12H,2-7,16H2,1H3. The van der Waals surface area contributed by atoms with Crippen molar-refractivity contribution >= 4 is 14.5 Å². The second-order valence-corrected chi connectivity index (χ2v) is 5.31. The summed E-state index contributed by atoms with van der Waals surface area (Å²) in [6.07, 6.45) is 7.87. The average molecular weight is 236 g/mol. The van der Waals surface area contributed by atoms with Crippen LogP contribution in [-0.2, 0) is 6.42 Å². The van der Waals surface area contributed by atoms with Crippen LogP contribution in [-0.4, -0.2) is 6.10 Å². The number of aryl methyl sites for hydroxylation is 1. The molecule has 1 aliphatic rings. The monoisotopic (exact) mass is 236 g/mol. The smallest absolute Gasteiger partial charge is 0.122 e. The molecule has 0 aromatic heterocycles. The number of benzene rings is 1. The van der Waals surface area contributed by atoms with Gasteiger partial charge in [0.1, 0.15) is 5.75 Å². The summed E-state index contributed by atoms with van der Waals surface area (Å²) in [5.41, 5.74) is 1.36. The van der Waals surface area contributed by atoms with E-state index in [1.165, 1.54) is 43.0 Å². The van der Waals surface area contributed by atoms with Gasteiger partial charge in [-0.2, -0.15) is 0 Å². The summed E-state index contributed by atoms with van der Waals surface area (Å²) in [6, 6.07) is 6.48. The van der Waals surface area contributed by atoms with Crippen molar-refractivity contribution < 1.29 is 4.74 Å². The van der Waals surface area contributed by atoms with Crippen LogP contribution in [0, 0.1) is 0 Å². The molecule has 88 valence electrons. The van der Waals surface area contributed by atoms with E-state index in [-0.39, 0.29) is 0 Å². The van der Waals surface area contributed by atoms with Crippen LogP contribution in [0.5, 0.6) is 5.75 Å². The van der Waals surface area contributed by atoms with E-state index in [1.807, 2.05) is 0 Å². The molecule has 16 heavy (non-hydrogen) atoms. The highest BCUT2D eigenvalue weighted by Crippen LogP contribution is 2.27. The van der Waals surface area contributed by atoms with Gasteiger partial charge in [-0.1, -0.05) is 19.4 Å². The summed E-state index contributed by atoms with van der Waals surface area (Å²) in [5.74, 6) is 1.11. The average Bonchev–Trinajstić information content (AvgIpc) is 2.75. The van der Waals surface area contributed by atoms with Gasteiger partial charge in [-0.3, -0.25) is 0 Å². The number of hydrogen-bond acceptors (Lipinski definition) is 1. The van der Waals surface area contributed by atoms with Gasteiger partial charge in [-0.25, -0.2) is 0 Å². The van der Waals surface area contributed by atoms with Crippen molar-refractivity contribution in [3.8, 4) is 5.75 Å². The lowest BCUT2D eigenvalue weighted by Crippen LogP contribution is -2.13. The third-order valence-corrected chi connectivity index (χ3v) is 3.56. The van der Waals surface area contributed by atoms with Crippen molar-refractivity contribution in [3.63, 3.8) is 0 Å². The normalized spacial score (nSPS) is 16.6. The molecule has 1 aromatic rings. The molecule has 1 fully saturated rings. The minimum Gasteiger partial charge on any atom is -0.490 e. The maximum absolute atomic E-state index is 6.10. The fraction of sp³-hybridized carbons (Fsp3) is 0.571. The van der Waals surface area contributed by atoms with Crippen LogP contribution in [0.2, 0.25) is 0 Å². The Morgan fingerprint density at radius 3 is 2.75 bits per heavy atom. The van der Waals surface area contributed by atoms with Crippen LogP contribution in [0.15, 0.2) is 18.2 Å². The first-order valence-corrected chi connectivity index (χ1v) is 6.92. The first-order valence-electron chi connectivity index (χ1n) is 6.34. The van der Waals surface area contributed by atoms with Crippen LogP contribution < -0.4 is 10.0 Å². The van der Waals surface area contributed by atoms with E-state index in [4.69, 9.17) is 4.74 Å². The number of hydrogen-bond donors (Lipinski definition) is 0. The van der Waals surface area contributed by atoms with Crippen molar-refractivity contribution in [1.82, 2.24) is 0 Å². The third-order valence-electron chi connectivity index (χ3n) is 3.20. The maximum atomic E-state index is 6.10. The Bertz CT molecular complexity index is 343. The molecule has 2 rings (SSSR count). The maximum Gasteiger partial charge on any atom is 0.122 e. The largest absolute Gasteiger partial charge is 0.490 e. The molecular formula is C14H21OP. The second kappa shape index (κ2) is 5.68. The molecule has 0 N–H and O–H groups in total. The zero-order valence-corrected chi connectivity index (χ0v) is 11.2. The van der Waals surface area contributed by atoms with Gasteiger partial charge in [0.25, 0.3) is 0 Å². The van der Waals surface area contributed by atoms with Crippen LogP contribution in [0.4, 0.5) is 0 Å². The molecule has 0 spiro atoms. The fourth-order valence-corrected chi connectivity index (χ4v) is 2.66.